The zero-order valence-electron chi connectivity index (χ0n) is 12.2. The number of pyridine rings is 1. The number of alkyl halides is 3. The van der Waals surface area contributed by atoms with Crippen LogP contribution in [-0.2, 0) is 6.18 Å². The van der Waals surface area contributed by atoms with Crippen LogP contribution in [0.4, 0.5) is 13.2 Å². The van der Waals surface area contributed by atoms with Crippen LogP contribution in [0.1, 0.15) is 53.4 Å². The zero-order chi connectivity index (χ0) is 15.5. The van der Waals surface area contributed by atoms with E-state index in [9.17, 15) is 13.2 Å². The average molecular weight is 303 g/mol. The molecule has 2 aromatic rings. The molecule has 2 unspecified atom stereocenters. The lowest BCUT2D eigenvalue weighted by Gasteiger charge is -2.17. The Kier molecular flexibility index (Phi) is 2.87. The highest BCUT2D eigenvalue weighted by Gasteiger charge is 2.37. The van der Waals surface area contributed by atoms with E-state index in [1.165, 1.54) is 49.6 Å². The van der Waals surface area contributed by atoms with Crippen molar-refractivity contribution in [3.63, 3.8) is 0 Å². The van der Waals surface area contributed by atoms with Crippen molar-refractivity contribution in [3.8, 4) is 11.3 Å². The van der Waals surface area contributed by atoms with E-state index < -0.39 is 11.7 Å². The third-order valence-electron chi connectivity index (χ3n) is 5.10. The molecule has 2 bridgehead atoms. The van der Waals surface area contributed by atoms with Gasteiger partial charge in [-0.25, -0.2) is 0 Å². The summed E-state index contributed by atoms with van der Waals surface area (Å²) in [6.07, 6.45) is 0.636. The van der Waals surface area contributed by atoms with Gasteiger partial charge in [0, 0.05) is 11.8 Å². The number of nitrogens with zero attached hydrogens (tertiary/aromatic N) is 1. The molecule has 2 atom stereocenters. The second kappa shape index (κ2) is 4.58. The topological polar surface area (TPSA) is 12.9 Å². The van der Waals surface area contributed by atoms with Crippen molar-refractivity contribution in [2.24, 2.45) is 0 Å². The van der Waals surface area contributed by atoms with Crippen molar-refractivity contribution in [3.05, 3.63) is 52.7 Å². The minimum Gasteiger partial charge on any atom is -0.256 e. The molecule has 114 valence electrons. The first-order valence-electron chi connectivity index (χ1n) is 7.61. The number of aryl methyl sites for hydroxylation is 1. The van der Waals surface area contributed by atoms with Gasteiger partial charge < -0.3 is 0 Å². The number of halogens is 3. The van der Waals surface area contributed by atoms with E-state index in [1.54, 1.807) is 0 Å². The lowest BCUT2D eigenvalue weighted by atomic mass is 9.89. The van der Waals surface area contributed by atoms with Gasteiger partial charge in [-0.15, -0.1) is 0 Å². The quantitative estimate of drug-likeness (QED) is 0.683. The van der Waals surface area contributed by atoms with E-state index in [-0.39, 0.29) is 5.56 Å². The standard InChI is InChI=1S/C18H16F3N/c1-10-9-22-17(8-16(10)18(19,20)21)13-4-5-14-11-2-3-12(6-11)15(14)7-13/h4-5,7-9,11-12H,2-3,6H2,1H3. The maximum absolute atomic E-state index is 13.1. The third kappa shape index (κ3) is 2.04. The summed E-state index contributed by atoms with van der Waals surface area (Å²) in [5, 5.41) is 0. The second-order valence-corrected chi connectivity index (χ2v) is 6.43. The fraction of sp³-hybridized carbons (Fsp3) is 0.389. The highest BCUT2D eigenvalue weighted by Crippen LogP contribution is 2.53. The van der Waals surface area contributed by atoms with Crippen LogP contribution in [0.15, 0.2) is 30.5 Å². The van der Waals surface area contributed by atoms with Gasteiger partial charge in [0.15, 0.2) is 0 Å². The maximum Gasteiger partial charge on any atom is 0.416 e. The van der Waals surface area contributed by atoms with Crippen molar-refractivity contribution in [2.75, 3.05) is 0 Å². The van der Waals surface area contributed by atoms with E-state index in [2.05, 4.69) is 17.1 Å². The maximum atomic E-state index is 13.1. The number of benzene rings is 1. The Morgan fingerprint density at radius 2 is 1.77 bits per heavy atom. The summed E-state index contributed by atoms with van der Waals surface area (Å²) in [7, 11) is 0. The van der Waals surface area contributed by atoms with E-state index in [0.717, 1.165) is 5.56 Å². The van der Waals surface area contributed by atoms with Gasteiger partial charge in [-0.3, -0.25) is 4.98 Å². The van der Waals surface area contributed by atoms with Crippen molar-refractivity contribution in [2.45, 2.75) is 44.2 Å². The molecule has 2 aliphatic carbocycles. The Labute approximate surface area is 127 Å². The molecule has 0 N–H and O–H groups in total. The summed E-state index contributed by atoms with van der Waals surface area (Å²) < 4.78 is 39.2. The highest BCUT2D eigenvalue weighted by atomic mass is 19.4. The van der Waals surface area contributed by atoms with Crippen LogP contribution in [0.2, 0.25) is 0 Å². The Hall–Kier alpha value is -1.84. The van der Waals surface area contributed by atoms with Crippen molar-refractivity contribution >= 4 is 0 Å². The van der Waals surface area contributed by atoms with Crippen LogP contribution in [0.3, 0.4) is 0 Å². The molecule has 1 nitrogen and oxygen atoms in total. The van der Waals surface area contributed by atoms with Crippen LogP contribution in [0.5, 0.6) is 0 Å². The molecule has 0 radical (unpaired) electrons. The Balaban J connectivity index is 1.79. The SMILES string of the molecule is Cc1cnc(-c2ccc3c(c2)C2CCC3C2)cc1C(F)(F)F. The lowest BCUT2D eigenvalue weighted by Crippen LogP contribution is -2.08. The molecule has 0 spiro atoms. The van der Waals surface area contributed by atoms with E-state index in [1.807, 2.05) is 6.07 Å². The van der Waals surface area contributed by atoms with Crippen LogP contribution in [0, 0.1) is 6.92 Å². The molecule has 1 aromatic heterocycles. The van der Waals surface area contributed by atoms with Crippen molar-refractivity contribution in [1.29, 1.82) is 0 Å². The number of hydrogen-bond donors (Lipinski definition) is 0. The molecule has 1 saturated carbocycles. The van der Waals surface area contributed by atoms with E-state index in [4.69, 9.17) is 0 Å². The fourth-order valence-corrected chi connectivity index (χ4v) is 3.99. The minimum atomic E-state index is -4.34. The smallest absolute Gasteiger partial charge is 0.256 e. The molecule has 4 heteroatoms. The van der Waals surface area contributed by atoms with Gasteiger partial charge in [-0.05, 0) is 66.8 Å². The van der Waals surface area contributed by atoms with E-state index >= 15 is 0 Å². The van der Waals surface area contributed by atoms with Crippen LogP contribution >= 0.6 is 0 Å². The Morgan fingerprint density at radius 1 is 1.05 bits per heavy atom. The molecule has 0 amide bonds. The first-order chi connectivity index (χ1) is 10.4. The Morgan fingerprint density at radius 3 is 2.50 bits per heavy atom. The molecule has 1 fully saturated rings. The largest absolute Gasteiger partial charge is 0.416 e. The molecule has 1 heterocycles. The summed E-state index contributed by atoms with van der Waals surface area (Å²) >= 11 is 0. The Bertz CT molecular complexity index is 748. The van der Waals surface area contributed by atoms with Crippen LogP contribution < -0.4 is 0 Å². The predicted octanol–water partition coefficient (Wildman–Crippen LogP) is 5.44. The summed E-state index contributed by atoms with van der Waals surface area (Å²) in [5.41, 5.74) is 3.48. The van der Waals surface area contributed by atoms with E-state index in [0.29, 0.717) is 17.5 Å². The number of aromatic nitrogens is 1. The first kappa shape index (κ1) is 13.8. The van der Waals surface area contributed by atoms with Gasteiger partial charge in [-0.1, -0.05) is 12.1 Å². The normalized spacial score (nSPS) is 22.9. The molecule has 2 aliphatic rings. The number of hydrogen-bond acceptors (Lipinski definition) is 1. The van der Waals surface area contributed by atoms with Gasteiger partial charge in [0.25, 0.3) is 0 Å². The van der Waals surface area contributed by atoms with Gasteiger partial charge in [0.05, 0.1) is 11.3 Å². The van der Waals surface area contributed by atoms with Gasteiger partial charge >= 0.3 is 6.18 Å². The molecule has 1 aromatic carbocycles. The van der Waals surface area contributed by atoms with Crippen LogP contribution in [0.25, 0.3) is 11.3 Å². The highest BCUT2D eigenvalue weighted by molar-refractivity contribution is 5.64. The summed E-state index contributed by atoms with van der Waals surface area (Å²) in [5.74, 6) is 1.25. The fourth-order valence-electron chi connectivity index (χ4n) is 3.99. The molecule has 0 aliphatic heterocycles. The van der Waals surface area contributed by atoms with Crippen molar-refractivity contribution in [1.82, 2.24) is 4.98 Å². The molecule has 22 heavy (non-hydrogen) atoms. The summed E-state index contributed by atoms with van der Waals surface area (Å²) in [4.78, 5) is 4.21. The zero-order valence-corrected chi connectivity index (χ0v) is 12.2. The third-order valence-corrected chi connectivity index (χ3v) is 5.10. The summed E-state index contributed by atoms with van der Waals surface area (Å²) in [6.45, 7) is 1.45. The predicted molar refractivity (Wildman–Crippen MR) is 78.7 cm³/mol. The van der Waals surface area contributed by atoms with Crippen LogP contribution in [-0.4, -0.2) is 4.98 Å². The summed E-state index contributed by atoms with van der Waals surface area (Å²) in [6, 6.07) is 7.22. The van der Waals surface area contributed by atoms with Crippen molar-refractivity contribution < 1.29 is 13.2 Å². The minimum absolute atomic E-state index is 0.163. The van der Waals surface area contributed by atoms with Gasteiger partial charge in [-0.2, -0.15) is 13.2 Å². The lowest BCUT2D eigenvalue weighted by molar-refractivity contribution is -0.138. The monoisotopic (exact) mass is 303 g/mol. The number of fused-ring (bicyclic) bond motifs is 5. The number of rotatable bonds is 1. The van der Waals surface area contributed by atoms with Gasteiger partial charge in [0.1, 0.15) is 0 Å². The average Bonchev–Trinajstić information content (AvgIpc) is 3.08. The molecule has 0 saturated heterocycles. The first-order valence-corrected chi connectivity index (χ1v) is 7.61. The molecular formula is C18H16F3N. The molecule has 4 rings (SSSR count). The van der Waals surface area contributed by atoms with Gasteiger partial charge in [0.2, 0.25) is 0 Å². The second-order valence-electron chi connectivity index (χ2n) is 6.43. The molecular weight excluding hydrogens is 287 g/mol.